The standard InChI is InChI=1S/C25H38ClN3O3S/c1-15(2)21-10-19(26)11-22(16(3)4)23(21)12-20(30)14-33(31,32)25-13-24(18(7)28(8)9)29(27-25)17(5)6/h10-11,13,15-18H,12,14H2,1-9H3. The van der Waals surface area contributed by atoms with E-state index in [1.807, 2.05) is 79.6 Å². The molecule has 0 saturated heterocycles. The van der Waals surface area contributed by atoms with Crippen LogP contribution in [0.2, 0.25) is 5.02 Å². The fraction of sp³-hybridized carbons (Fsp3) is 0.600. The summed E-state index contributed by atoms with van der Waals surface area (Å²) in [7, 11) is -0.00387. The van der Waals surface area contributed by atoms with E-state index in [4.69, 9.17) is 11.6 Å². The normalized spacial score (nSPS) is 13.5. The van der Waals surface area contributed by atoms with Crippen LogP contribution < -0.4 is 0 Å². The van der Waals surface area contributed by atoms with E-state index in [9.17, 15) is 13.2 Å². The number of benzene rings is 1. The summed E-state index contributed by atoms with van der Waals surface area (Å²) in [4.78, 5) is 15.0. The van der Waals surface area contributed by atoms with Crippen LogP contribution >= 0.6 is 11.6 Å². The molecule has 0 fully saturated rings. The summed E-state index contributed by atoms with van der Waals surface area (Å²) >= 11 is 6.33. The molecule has 0 saturated carbocycles. The number of halogens is 1. The molecule has 0 radical (unpaired) electrons. The topological polar surface area (TPSA) is 72.3 Å². The molecule has 0 aliphatic rings. The van der Waals surface area contributed by atoms with Crippen molar-refractivity contribution in [1.82, 2.24) is 14.7 Å². The van der Waals surface area contributed by atoms with Crippen molar-refractivity contribution < 1.29 is 13.2 Å². The van der Waals surface area contributed by atoms with Gasteiger partial charge in [-0.15, -0.1) is 0 Å². The first-order valence-corrected chi connectivity index (χ1v) is 13.5. The van der Waals surface area contributed by atoms with Gasteiger partial charge in [-0.3, -0.25) is 9.48 Å². The molecule has 1 aromatic carbocycles. The summed E-state index contributed by atoms with van der Waals surface area (Å²) in [5.41, 5.74) is 3.67. The molecule has 0 aliphatic carbocycles. The number of hydrogen-bond donors (Lipinski definition) is 0. The van der Waals surface area contributed by atoms with Crippen LogP contribution in [0.15, 0.2) is 23.2 Å². The van der Waals surface area contributed by atoms with Crippen LogP contribution in [0.4, 0.5) is 0 Å². The van der Waals surface area contributed by atoms with Gasteiger partial charge in [0.25, 0.3) is 0 Å². The zero-order valence-corrected chi connectivity index (χ0v) is 22.9. The lowest BCUT2D eigenvalue weighted by molar-refractivity contribution is -0.116. The van der Waals surface area contributed by atoms with Crippen LogP contribution in [0.25, 0.3) is 0 Å². The molecule has 33 heavy (non-hydrogen) atoms. The van der Waals surface area contributed by atoms with Gasteiger partial charge in [0.1, 0.15) is 5.75 Å². The third-order valence-electron chi connectivity index (χ3n) is 6.01. The second kappa shape index (κ2) is 10.7. The lowest BCUT2D eigenvalue weighted by atomic mass is 9.86. The summed E-state index contributed by atoms with van der Waals surface area (Å²) in [5, 5.41) is 4.97. The van der Waals surface area contributed by atoms with E-state index in [-0.39, 0.29) is 41.1 Å². The third kappa shape index (κ3) is 6.46. The predicted octanol–water partition coefficient (Wildman–Crippen LogP) is 5.57. The molecule has 0 bridgehead atoms. The van der Waals surface area contributed by atoms with Crippen LogP contribution in [-0.4, -0.2) is 48.7 Å². The molecular weight excluding hydrogens is 458 g/mol. The minimum absolute atomic E-state index is 0.00156. The highest BCUT2D eigenvalue weighted by Gasteiger charge is 2.28. The Hall–Kier alpha value is -1.70. The van der Waals surface area contributed by atoms with Gasteiger partial charge in [0.15, 0.2) is 10.8 Å². The molecule has 2 rings (SSSR count). The predicted molar refractivity (Wildman–Crippen MR) is 135 cm³/mol. The average molecular weight is 496 g/mol. The van der Waals surface area contributed by atoms with Gasteiger partial charge in [0.2, 0.25) is 9.84 Å². The smallest absolute Gasteiger partial charge is 0.204 e. The Morgan fingerprint density at radius 2 is 1.52 bits per heavy atom. The van der Waals surface area contributed by atoms with E-state index in [0.717, 1.165) is 22.4 Å². The lowest BCUT2D eigenvalue weighted by Gasteiger charge is -2.22. The highest BCUT2D eigenvalue weighted by molar-refractivity contribution is 7.92. The maximum absolute atomic E-state index is 13.2. The Balaban J connectivity index is 2.40. The summed E-state index contributed by atoms with van der Waals surface area (Å²) < 4.78 is 28.1. The van der Waals surface area contributed by atoms with Gasteiger partial charge in [-0.25, -0.2) is 8.42 Å². The van der Waals surface area contributed by atoms with E-state index in [0.29, 0.717) is 5.02 Å². The van der Waals surface area contributed by atoms with E-state index in [1.165, 1.54) is 0 Å². The third-order valence-corrected chi connectivity index (χ3v) is 7.76. The number of hydrogen-bond acceptors (Lipinski definition) is 5. The van der Waals surface area contributed by atoms with Gasteiger partial charge in [-0.2, -0.15) is 5.10 Å². The number of Topliss-reactive ketones (excluding diaryl/α,β-unsaturated/α-hetero) is 1. The van der Waals surface area contributed by atoms with Crippen LogP contribution in [0.3, 0.4) is 0 Å². The molecule has 1 atom stereocenters. The van der Waals surface area contributed by atoms with Crippen molar-refractivity contribution in [3.63, 3.8) is 0 Å². The molecule has 6 nitrogen and oxygen atoms in total. The highest BCUT2D eigenvalue weighted by atomic mass is 35.5. The molecule has 1 heterocycles. The first-order valence-electron chi connectivity index (χ1n) is 11.5. The maximum atomic E-state index is 13.2. The minimum Gasteiger partial charge on any atom is -0.301 e. The van der Waals surface area contributed by atoms with Gasteiger partial charge >= 0.3 is 0 Å². The number of aromatic nitrogens is 2. The average Bonchev–Trinajstić information content (AvgIpc) is 3.14. The summed E-state index contributed by atoms with van der Waals surface area (Å²) in [6.07, 6.45) is 0.0588. The zero-order valence-electron chi connectivity index (χ0n) is 21.3. The Morgan fingerprint density at radius 1 is 1.00 bits per heavy atom. The molecule has 8 heteroatoms. The first-order chi connectivity index (χ1) is 15.2. The zero-order chi connectivity index (χ0) is 25.2. The van der Waals surface area contributed by atoms with Gasteiger partial charge in [-0.1, -0.05) is 39.3 Å². The summed E-state index contributed by atoms with van der Waals surface area (Å²) in [5.74, 6) is -0.590. The molecule has 1 aromatic heterocycles. The van der Waals surface area contributed by atoms with Gasteiger partial charge in [0, 0.05) is 29.6 Å². The number of carbonyl (C=O) groups excluding carboxylic acids is 1. The lowest BCUT2D eigenvalue weighted by Crippen LogP contribution is -2.21. The van der Waals surface area contributed by atoms with Crippen molar-refractivity contribution in [2.75, 3.05) is 19.8 Å². The molecule has 1 unspecified atom stereocenters. The van der Waals surface area contributed by atoms with Crippen molar-refractivity contribution in [1.29, 1.82) is 0 Å². The fourth-order valence-electron chi connectivity index (χ4n) is 3.98. The van der Waals surface area contributed by atoms with Gasteiger partial charge in [0.05, 0.1) is 5.69 Å². The molecule has 184 valence electrons. The second-order valence-electron chi connectivity index (χ2n) is 9.93. The van der Waals surface area contributed by atoms with Crippen molar-refractivity contribution in [2.24, 2.45) is 0 Å². The number of sulfone groups is 1. The van der Waals surface area contributed by atoms with Gasteiger partial charge in [-0.05, 0) is 75.5 Å². The number of rotatable bonds is 10. The first kappa shape index (κ1) is 27.5. The molecule has 0 spiro atoms. The largest absolute Gasteiger partial charge is 0.301 e. The highest BCUT2D eigenvalue weighted by Crippen LogP contribution is 2.32. The Morgan fingerprint density at radius 3 is 1.94 bits per heavy atom. The van der Waals surface area contributed by atoms with Crippen molar-refractivity contribution in [2.45, 2.75) is 83.8 Å². The number of carbonyl (C=O) groups is 1. The Bertz CT molecular complexity index is 1070. The van der Waals surface area contributed by atoms with Crippen LogP contribution in [-0.2, 0) is 21.1 Å². The molecule has 0 N–H and O–H groups in total. The van der Waals surface area contributed by atoms with Crippen LogP contribution in [0.5, 0.6) is 0 Å². The van der Waals surface area contributed by atoms with Crippen molar-refractivity contribution in [3.05, 3.63) is 45.6 Å². The molecular formula is C25H38ClN3O3S. The second-order valence-corrected chi connectivity index (χ2v) is 12.3. The van der Waals surface area contributed by atoms with E-state index < -0.39 is 15.6 Å². The van der Waals surface area contributed by atoms with E-state index in [1.54, 1.807) is 10.7 Å². The van der Waals surface area contributed by atoms with Crippen LogP contribution in [0, 0.1) is 0 Å². The van der Waals surface area contributed by atoms with Gasteiger partial charge < -0.3 is 4.90 Å². The van der Waals surface area contributed by atoms with Crippen molar-refractivity contribution >= 4 is 27.2 Å². The fourth-order valence-corrected chi connectivity index (χ4v) is 5.40. The van der Waals surface area contributed by atoms with E-state index >= 15 is 0 Å². The quantitative estimate of drug-likeness (QED) is 0.430. The maximum Gasteiger partial charge on any atom is 0.204 e. The van der Waals surface area contributed by atoms with Crippen LogP contribution in [0.1, 0.15) is 94.8 Å². The molecule has 0 aliphatic heterocycles. The SMILES string of the molecule is CC(C)c1cc(Cl)cc(C(C)C)c1CC(=O)CS(=O)(=O)c1cc(C(C)N(C)C)n(C(C)C)n1. The monoisotopic (exact) mass is 495 g/mol. The number of nitrogens with zero attached hydrogens (tertiary/aromatic N) is 3. The Labute approximate surface area is 204 Å². The van der Waals surface area contributed by atoms with E-state index in [2.05, 4.69) is 5.10 Å². The molecule has 2 aromatic rings. The molecule has 0 amide bonds. The Kier molecular flexibility index (Phi) is 8.93. The van der Waals surface area contributed by atoms with Crippen molar-refractivity contribution in [3.8, 4) is 0 Å². The number of ketones is 1. The summed E-state index contributed by atoms with van der Waals surface area (Å²) in [6, 6.07) is 5.35. The minimum atomic E-state index is -3.87. The summed E-state index contributed by atoms with van der Waals surface area (Å²) in [6.45, 7) is 14.1.